The molecule has 0 aliphatic carbocycles. The Morgan fingerprint density at radius 2 is 2.67 bits per heavy atom. The largest absolute Gasteiger partial charge is 0.344 e. The summed E-state index contributed by atoms with van der Waals surface area (Å²) in [6.07, 6.45) is 4.87. The van der Waals surface area contributed by atoms with Gasteiger partial charge < -0.3 is 5.32 Å². The number of carbonyl (C=O) groups is 1. The molecule has 0 radical (unpaired) electrons. The van der Waals surface area contributed by atoms with Gasteiger partial charge in [-0.05, 0) is 0 Å². The fourth-order valence-electron chi connectivity index (χ4n) is 0.361. The van der Waals surface area contributed by atoms with Crippen LogP contribution in [0.2, 0.25) is 0 Å². The molecule has 1 fully saturated rings. The normalized spacial score (nSPS) is 14.3. The highest BCUT2D eigenvalue weighted by Gasteiger charge is 2.25. The van der Waals surface area contributed by atoms with E-state index in [4.69, 9.17) is 6.42 Å². The van der Waals surface area contributed by atoms with Gasteiger partial charge in [0.1, 0.15) is 0 Å². The number of urea groups is 1. The second-order valence-electron chi connectivity index (χ2n) is 1.50. The molecule has 2 amide bonds. The van der Waals surface area contributed by atoms with Crippen LogP contribution in [0.15, 0.2) is 0 Å². The van der Waals surface area contributed by atoms with Crippen molar-refractivity contribution in [2.45, 2.75) is 0 Å². The van der Waals surface area contributed by atoms with Crippen LogP contribution in [-0.2, 0) is 4.84 Å². The number of terminal acetylenes is 1. The summed E-state index contributed by atoms with van der Waals surface area (Å²) in [7, 11) is 0. The molecule has 0 spiro atoms. The Balaban J connectivity index is 2.12. The van der Waals surface area contributed by atoms with Gasteiger partial charge in [-0.3, -0.25) is 0 Å². The maximum atomic E-state index is 10.6. The third-order valence-electron chi connectivity index (χ3n) is 0.826. The smallest absolute Gasteiger partial charge is 0.325 e. The van der Waals surface area contributed by atoms with Crippen LogP contribution in [0.1, 0.15) is 0 Å². The van der Waals surface area contributed by atoms with Crippen molar-refractivity contribution in [3.63, 3.8) is 0 Å². The number of hydrogen-bond acceptors (Lipinski definition) is 2. The second kappa shape index (κ2) is 2.37. The number of nitrogens with zero attached hydrogens (tertiary/aromatic N) is 1. The molecule has 0 unspecified atom stereocenters. The van der Waals surface area contributed by atoms with Crippen molar-refractivity contribution in [3.05, 3.63) is 0 Å². The van der Waals surface area contributed by atoms with Crippen LogP contribution in [-0.4, -0.2) is 24.4 Å². The summed E-state index contributed by atoms with van der Waals surface area (Å²) in [6, 6.07) is -0.270. The molecule has 0 aromatic rings. The molecule has 1 saturated heterocycles. The van der Waals surface area contributed by atoms with E-state index >= 15 is 0 Å². The first-order valence-electron chi connectivity index (χ1n) is 2.46. The summed E-state index contributed by atoms with van der Waals surface area (Å²) in [4.78, 5) is 15.1. The van der Waals surface area contributed by atoms with E-state index in [0.717, 1.165) is 0 Å². The molecule has 1 aliphatic rings. The summed E-state index contributed by atoms with van der Waals surface area (Å²) >= 11 is 0. The van der Waals surface area contributed by atoms with Gasteiger partial charge in [-0.2, -0.15) is 5.06 Å². The zero-order valence-corrected chi connectivity index (χ0v) is 4.76. The van der Waals surface area contributed by atoms with Crippen LogP contribution < -0.4 is 5.32 Å². The Morgan fingerprint density at radius 3 is 3.11 bits per heavy atom. The molecule has 1 rings (SSSR count). The molecule has 0 aromatic heterocycles. The molecule has 9 heavy (non-hydrogen) atoms. The van der Waals surface area contributed by atoms with Gasteiger partial charge in [-0.15, -0.1) is 6.42 Å². The van der Waals surface area contributed by atoms with Gasteiger partial charge in [0.2, 0.25) is 0 Å². The summed E-state index contributed by atoms with van der Waals surface area (Å²) in [5.74, 6) is 2.27. The van der Waals surface area contributed by atoms with E-state index in [1.54, 1.807) is 0 Å². The average Bonchev–Trinajstić information content (AvgIpc) is 2.63. The Bertz CT molecular complexity index is 157. The molecule has 0 aromatic carbocycles. The Hall–Kier alpha value is -1.21. The first-order valence-corrected chi connectivity index (χ1v) is 2.46. The monoisotopic (exact) mass is 126 g/mol. The van der Waals surface area contributed by atoms with E-state index < -0.39 is 0 Å². The lowest BCUT2D eigenvalue weighted by molar-refractivity contribution is 0.179. The van der Waals surface area contributed by atoms with Gasteiger partial charge in [0.15, 0.2) is 6.73 Å². The number of carbonyl (C=O) groups excluding carboxylic acids is 1. The summed E-state index contributed by atoms with van der Waals surface area (Å²) in [5.41, 5.74) is 0. The summed E-state index contributed by atoms with van der Waals surface area (Å²) in [5, 5.41) is 3.60. The van der Waals surface area contributed by atoms with Gasteiger partial charge in [0.25, 0.3) is 0 Å². The van der Waals surface area contributed by atoms with Crippen molar-refractivity contribution < 1.29 is 9.63 Å². The Labute approximate surface area is 52.7 Å². The number of nitrogens with one attached hydrogen (secondary N) is 1. The highest BCUT2D eigenvalue weighted by molar-refractivity contribution is 5.74. The SMILES string of the molecule is C#CCNC(=O)N1CO1. The van der Waals surface area contributed by atoms with E-state index in [0.29, 0.717) is 6.73 Å². The summed E-state index contributed by atoms with van der Waals surface area (Å²) in [6.45, 7) is 0.620. The quantitative estimate of drug-likeness (QED) is 0.381. The average molecular weight is 126 g/mol. The minimum atomic E-state index is -0.270. The van der Waals surface area contributed by atoms with Crippen molar-refractivity contribution in [1.82, 2.24) is 10.4 Å². The van der Waals surface area contributed by atoms with Crippen LogP contribution in [0.4, 0.5) is 4.79 Å². The Kier molecular flexibility index (Phi) is 1.56. The highest BCUT2D eigenvalue weighted by Crippen LogP contribution is 2.04. The fourth-order valence-corrected chi connectivity index (χ4v) is 0.361. The van der Waals surface area contributed by atoms with Crippen LogP contribution >= 0.6 is 0 Å². The minimum absolute atomic E-state index is 0.249. The number of rotatable bonds is 1. The van der Waals surface area contributed by atoms with Gasteiger partial charge in [-0.1, -0.05) is 5.92 Å². The zero-order chi connectivity index (χ0) is 6.69. The van der Waals surface area contributed by atoms with E-state index in [1.807, 2.05) is 0 Å². The van der Waals surface area contributed by atoms with Crippen molar-refractivity contribution in [1.29, 1.82) is 0 Å². The first-order chi connectivity index (χ1) is 4.34. The van der Waals surface area contributed by atoms with Crippen molar-refractivity contribution >= 4 is 6.03 Å². The molecule has 1 aliphatic heterocycles. The predicted octanol–water partition coefficient (Wildman–Crippen LogP) is -0.466. The maximum Gasteiger partial charge on any atom is 0.344 e. The first kappa shape index (κ1) is 5.92. The molecule has 48 valence electrons. The standard InChI is InChI=1S/C5H6N2O2/c1-2-3-6-5(8)7-4-9-7/h1H,3-4H2,(H,6,8). The van der Waals surface area contributed by atoms with Gasteiger partial charge >= 0.3 is 6.03 Å². The molecule has 4 heteroatoms. The molecular weight excluding hydrogens is 120 g/mol. The van der Waals surface area contributed by atoms with Gasteiger partial charge in [-0.25, -0.2) is 9.63 Å². The van der Waals surface area contributed by atoms with Crippen molar-refractivity contribution in [2.24, 2.45) is 0 Å². The third kappa shape index (κ3) is 1.63. The highest BCUT2D eigenvalue weighted by atomic mass is 16.8. The second-order valence-corrected chi connectivity index (χ2v) is 1.50. The predicted molar refractivity (Wildman–Crippen MR) is 30.0 cm³/mol. The van der Waals surface area contributed by atoms with Crippen molar-refractivity contribution in [2.75, 3.05) is 13.3 Å². The molecule has 0 saturated carbocycles. The molecular formula is C5H6N2O2. The Morgan fingerprint density at radius 1 is 2.00 bits per heavy atom. The van der Waals surface area contributed by atoms with Crippen LogP contribution in [0.3, 0.4) is 0 Å². The van der Waals surface area contributed by atoms with Crippen LogP contribution in [0.25, 0.3) is 0 Å². The van der Waals surface area contributed by atoms with Gasteiger partial charge in [0, 0.05) is 0 Å². The third-order valence-corrected chi connectivity index (χ3v) is 0.826. The van der Waals surface area contributed by atoms with Gasteiger partial charge in [0.05, 0.1) is 6.54 Å². The molecule has 0 bridgehead atoms. The van der Waals surface area contributed by atoms with E-state index in [2.05, 4.69) is 16.1 Å². The lowest BCUT2D eigenvalue weighted by Crippen LogP contribution is -2.28. The van der Waals surface area contributed by atoms with Crippen LogP contribution in [0.5, 0.6) is 0 Å². The lowest BCUT2D eigenvalue weighted by atomic mass is 10.7. The molecule has 0 atom stereocenters. The van der Waals surface area contributed by atoms with E-state index in [-0.39, 0.29) is 12.6 Å². The fraction of sp³-hybridized carbons (Fsp3) is 0.400. The molecule has 1 heterocycles. The molecule has 1 N–H and O–H groups in total. The van der Waals surface area contributed by atoms with E-state index in [1.165, 1.54) is 5.06 Å². The maximum absolute atomic E-state index is 10.6. The number of hydrogen-bond donors (Lipinski definition) is 1. The number of hydroxylamine groups is 2. The molecule has 4 nitrogen and oxygen atoms in total. The minimum Gasteiger partial charge on any atom is -0.325 e. The van der Waals surface area contributed by atoms with E-state index in [9.17, 15) is 4.79 Å². The van der Waals surface area contributed by atoms with Crippen molar-refractivity contribution in [3.8, 4) is 12.3 Å². The van der Waals surface area contributed by atoms with Crippen LogP contribution in [0, 0.1) is 12.3 Å². The number of amides is 2. The topological polar surface area (TPSA) is 44.6 Å². The zero-order valence-electron chi connectivity index (χ0n) is 4.76. The summed E-state index contributed by atoms with van der Waals surface area (Å²) < 4.78 is 0. The lowest BCUT2D eigenvalue weighted by Gasteiger charge is -1.95.